The molecule has 0 aliphatic heterocycles. The number of aromatic nitrogens is 2. The fourth-order valence-electron chi connectivity index (χ4n) is 2.77. The second-order valence-corrected chi connectivity index (χ2v) is 6.50. The van der Waals surface area contributed by atoms with E-state index in [2.05, 4.69) is 10.3 Å². The van der Waals surface area contributed by atoms with Gasteiger partial charge in [0.05, 0.1) is 12.2 Å². The predicted molar refractivity (Wildman–Crippen MR) is 93.8 cm³/mol. The first-order valence-corrected chi connectivity index (χ1v) is 8.40. The number of amides is 1. The van der Waals surface area contributed by atoms with Gasteiger partial charge in [0, 0.05) is 30.9 Å². The molecule has 0 spiro atoms. The van der Waals surface area contributed by atoms with Crippen molar-refractivity contribution in [2.24, 2.45) is 5.92 Å². The molecule has 1 aliphatic rings. The molecule has 1 fully saturated rings. The Labute approximate surface area is 145 Å². The number of Topliss-reactive ketones (excluding diaryl/α,β-unsaturated/α-hetero) is 1. The van der Waals surface area contributed by atoms with E-state index in [0.717, 1.165) is 18.5 Å². The largest absolute Gasteiger partial charge is 0.355 e. The number of nitrogens with one attached hydrogen (secondary N) is 1. The standard InChI is InChI=1S/C19H21N3O3/c1-12-4-3-5-15(21-12)11-22-10-14(17(23)8-13-6-7-13)9-16(19(22)25)18(24)20-2/h3-5,9-10,13H,6-8,11H2,1-2H3,(H,20,24). The van der Waals surface area contributed by atoms with E-state index >= 15 is 0 Å². The molecule has 1 N–H and O–H groups in total. The third-order valence-corrected chi connectivity index (χ3v) is 4.33. The Morgan fingerprint density at radius 1 is 1.32 bits per heavy atom. The average Bonchev–Trinajstić information content (AvgIpc) is 3.40. The third kappa shape index (κ3) is 4.02. The molecule has 0 unspecified atom stereocenters. The second kappa shape index (κ2) is 7.01. The molecule has 1 amide bonds. The lowest BCUT2D eigenvalue weighted by Gasteiger charge is -2.11. The number of aryl methyl sites for hydroxylation is 1. The Kier molecular flexibility index (Phi) is 4.79. The maximum Gasteiger partial charge on any atom is 0.263 e. The van der Waals surface area contributed by atoms with Crippen molar-refractivity contribution in [2.45, 2.75) is 32.7 Å². The second-order valence-electron chi connectivity index (χ2n) is 6.50. The number of ketones is 1. The Morgan fingerprint density at radius 2 is 2.08 bits per heavy atom. The summed E-state index contributed by atoms with van der Waals surface area (Å²) in [6.07, 6.45) is 4.15. The molecule has 0 bridgehead atoms. The van der Waals surface area contributed by atoms with Crippen LogP contribution in [0.3, 0.4) is 0 Å². The van der Waals surface area contributed by atoms with E-state index in [-0.39, 0.29) is 17.9 Å². The van der Waals surface area contributed by atoms with Crippen molar-refractivity contribution >= 4 is 11.7 Å². The first kappa shape index (κ1) is 17.1. The van der Waals surface area contributed by atoms with Crippen LogP contribution in [0.5, 0.6) is 0 Å². The SMILES string of the molecule is CNC(=O)c1cc(C(=O)CC2CC2)cn(Cc2cccc(C)n2)c1=O. The van der Waals surface area contributed by atoms with E-state index in [0.29, 0.717) is 23.6 Å². The molecule has 6 nitrogen and oxygen atoms in total. The zero-order valence-electron chi connectivity index (χ0n) is 14.4. The van der Waals surface area contributed by atoms with Crippen LogP contribution in [0.4, 0.5) is 0 Å². The van der Waals surface area contributed by atoms with Gasteiger partial charge in [-0.1, -0.05) is 6.07 Å². The summed E-state index contributed by atoms with van der Waals surface area (Å²) >= 11 is 0. The minimum absolute atomic E-state index is 0.0169. The highest BCUT2D eigenvalue weighted by atomic mass is 16.2. The molecule has 1 aliphatic carbocycles. The number of hydrogen-bond acceptors (Lipinski definition) is 4. The number of pyridine rings is 2. The van der Waals surface area contributed by atoms with Crippen molar-refractivity contribution < 1.29 is 9.59 Å². The highest BCUT2D eigenvalue weighted by Crippen LogP contribution is 2.33. The monoisotopic (exact) mass is 339 g/mol. The molecule has 6 heteroatoms. The predicted octanol–water partition coefficient (Wildman–Crippen LogP) is 1.94. The molecule has 0 aromatic carbocycles. The van der Waals surface area contributed by atoms with E-state index in [1.54, 1.807) is 6.20 Å². The van der Waals surface area contributed by atoms with Crippen LogP contribution in [0.2, 0.25) is 0 Å². The molecule has 130 valence electrons. The van der Waals surface area contributed by atoms with E-state index in [1.807, 2.05) is 25.1 Å². The van der Waals surface area contributed by atoms with Crippen molar-refractivity contribution in [3.63, 3.8) is 0 Å². The van der Waals surface area contributed by atoms with Crippen molar-refractivity contribution in [1.29, 1.82) is 0 Å². The van der Waals surface area contributed by atoms with Crippen LogP contribution in [0.15, 0.2) is 35.3 Å². The molecule has 2 heterocycles. The zero-order valence-corrected chi connectivity index (χ0v) is 14.4. The van der Waals surface area contributed by atoms with E-state index in [1.165, 1.54) is 17.7 Å². The summed E-state index contributed by atoms with van der Waals surface area (Å²) in [5, 5.41) is 2.46. The van der Waals surface area contributed by atoms with Gasteiger partial charge in [0.15, 0.2) is 5.78 Å². The molecule has 1 saturated carbocycles. The van der Waals surface area contributed by atoms with Crippen molar-refractivity contribution in [1.82, 2.24) is 14.9 Å². The van der Waals surface area contributed by atoms with E-state index < -0.39 is 11.5 Å². The number of carbonyl (C=O) groups is 2. The van der Waals surface area contributed by atoms with Gasteiger partial charge in [0.1, 0.15) is 5.56 Å². The van der Waals surface area contributed by atoms with Gasteiger partial charge >= 0.3 is 0 Å². The minimum Gasteiger partial charge on any atom is -0.355 e. The van der Waals surface area contributed by atoms with Gasteiger partial charge in [0.25, 0.3) is 11.5 Å². The summed E-state index contributed by atoms with van der Waals surface area (Å²) in [5.74, 6) is -0.0783. The molecule has 2 aromatic heterocycles. The van der Waals surface area contributed by atoms with Crippen LogP contribution in [0, 0.1) is 12.8 Å². The average molecular weight is 339 g/mol. The van der Waals surface area contributed by atoms with Crippen molar-refractivity contribution in [3.8, 4) is 0 Å². The first-order chi connectivity index (χ1) is 12.0. The summed E-state index contributed by atoms with van der Waals surface area (Å²) < 4.78 is 1.40. The van der Waals surface area contributed by atoms with Crippen LogP contribution in [0.1, 0.15) is 51.4 Å². The maximum atomic E-state index is 12.6. The summed E-state index contributed by atoms with van der Waals surface area (Å²) in [6.45, 7) is 2.09. The molecular formula is C19H21N3O3. The lowest BCUT2D eigenvalue weighted by Crippen LogP contribution is -2.32. The summed E-state index contributed by atoms with van der Waals surface area (Å²) in [5.41, 5.74) is 1.51. The first-order valence-electron chi connectivity index (χ1n) is 8.40. The number of hydrogen-bond donors (Lipinski definition) is 1. The van der Waals surface area contributed by atoms with Gasteiger partial charge in [0.2, 0.25) is 0 Å². The van der Waals surface area contributed by atoms with Crippen LogP contribution in [-0.2, 0) is 6.54 Å². The Morgan fingerprint density at radius 3 is 2.72 bits per heavy atom. The quantitative estimate of drug-likeness (QED) is 0.816. The van der Waals surface area contributed by atoms with Gasteiger partial charge in [-0.15, -0.1) is 0 Å². The molecule has 3 rings (SSSR count). The molecule has 25 heavy (non-hydrogen) atoms. The summed E-state index contributed by atoms with van der Waals surface area (Å²) in [4.78, 5) is 41.5. The van der Waals surface area contributed by atoms with Crippen LogP contribution >= 0.6 is 0 Å². The van der Waals surface area contributed by atoms with Crippen molar-refractivity contribution in [2.75, 3.05) is 7.05 Å². The smallest absolute Gasteiger partial charge is 0.263 e. The topological polar surface area (TPSA) is 81.1 Å². The number of nitrogens with zero attached hydrogens (tertiary/aromatic N) is 2. The third-order valence-electron chi connectivity index (χ3n) is 4.33. The number of carbonyl (C=O) groups excluding carboxylic acids is 2. The van der Waals surface area contributed by atoms with E-state index in [9.17, 15) is 14.4 Å². The van der Waals surface area contributed by atoms with Crippen LogP contribution < -0.4 is 10.9 Å². The van der Waals surface area contributed by atoms with Gasteiger partial charge in [-0.05, 0) is 43.9 Å². The lowest BCUT2D eigenvalue weighted by molar-refractivity contribution is 0.0961. The Hall–Kier alpha value is -2.76. The van der Waals surface area contributed by atoms with E-state index in [4.69, 9.17) is 0 Å². The molecule has 0 atom stereocenters. The van der Waals surface area contributed by atoms with Gasteiger partial charge in [-0.3, -0.25) is 19.4 Å². The maximum absolute atomic E-state index is 12.6. The molecule has 0 radical (unpaired) electrons. The number of rotatable bonds is 6. The lowest BCUT2D eigenvalue weighted by atomic mass is 10.1. The molecular weight excluding hydrogens is 318 g/mol. The highest BCUT2D eigenvalue weighted by Gasteiger charge is 2.26. The Balaban J connectivity index is 2.00. The fourth-order valence-corrected chi connectivity index (χ4v) is 2.77. The Bertz CT molecular complexity index is 882. The van der Waals surface area contributed by atoms with Crippen LogP contribution in [0.25, 0.3) is 0 Å². The molecule has 0 saturated heterocycles. The van der Waals surface area contributed by atoms with Crippen molar-refractivity contribution in [3.05, 3.63) is 63.3 Å². The normalized spacial score (nSPS) is 13.5. The minimum atomic E-state index is -0.489. The summed E-state index contributed by atoms with van der Waals surface area (Å²) in [7, 11) is 1.47. The van der Waals surface area contributed by atoms with Gasteiger partial charge in [-0.2, -0.15) is 0 Å². The highest BCUT2D eigenvalue weighted by molar-refractivity contribution is 6.00. The zero-order chi connectivity index (χ0) is 18.0. The fraction of sp³-hybridized carbons (Fsp3) is 0.368. The van der Waals surface area contributed by atoms with Gasteiger partial charge < -0.3 is 9.88 Å². The van der Waals surface area contributed by atoms with Gasteiger partial charge in [-0.25, -0.2) is 0 Å². The van der Waals surface area contributed by atoms with Crippen LogP contribution in [-0.4, -0.2) is 28.3 Å². The summed E-state index contributed by atoms with van der Waals surface area (Å²) in [6, 6.07) is 6.96. The molecule has 2 aromatic rings.